The molecule has 10 nitrogen and oxygen atoms in total. The minimum absolute atomic E-state index is 0.130. The van der Waals surface area contributed by atoms with E-state index in [1.54, 1.807) is 33.8 Å². The van der Waals surface area contributed by atoms with Gasteiger partial charge in [-0.05, 0) is 58.7 Å². The topological polar surface area (TPSA) is 140 Å². The molecular formula is C19H26N4O6S. The van der Waals surface area contributed by atoms with Crippen molar-refractivity contribution in [3.8, 4) is 0 Å². The zero-order valence-electron chi connectivity index (χ0n) is 17.8. The monoisotopic (exact) mass is 438 g/mol. The first kappa shape index (κ1) is 23.3. The van der Waals surface area contributed by atoms with Crippen molar-refractivity contribution in [3.05, 3.63) is 35.2 Å². The number of rotatable bonds is 6. The number of sulfone groups is 1. The lowest BCUT2D eigenvalue weighted by Gasteiger charge is -2.20. The number of benzene rings is 1. The van der Waals surface area contributed by atoms with E-state index in [-0.39, 0.29) is 5.89 Å². The summed E-state index contributed by atoms with van der Waals surface area (Å²) in [7, 11) is -4.17. The SMILES string of the molecule is Cc1ccc(C)c(NC(=O)CS(=O)(=O)c2nnc(C(C)NC(=O)OC(C)(C)C)o2)c1. The van der Waals surface area contributed by atoms with Gasteiger partial charge < -0.3 is 19.8 Å². The second-order valence-corrected chi connectivity index (χ2v) is 9.77. The van der Waals surface area contributed by atoms with Crippen LogP contribution in [0.25, 0.3) is 0 Å². The maximum absolute atomic E-state index is 12.5. The molecule has 30 heavy (non-hydrogen) atoms. The van der Waals surface area contributed by atoms with Gasteiger partial charge in [0.15, 0.2) is 0 Å². The lowest BCUT2D eigenvalue weighted by molar-refractivity contribution is -0.113. The number of carbonyl (C=O) groups is 2. The summed E-state index contributed by atoms with van der Waals surface area (Å²) in [6.07, 6.45) is -0.717. The van der Waals surface area contributed by atoms with Crippen LogP contribution in [0.2, 0.25) is 0 Å². The maximum Gasteiger partial charge on any atom is 0.408 e. The molecule has 1 heterocycles. The van der Waals surface area contributed by atoms with Crippen molar-refractivity contribution >= 4 is 27.5 Å². The normalized spacial score (nSPS) is 12.9. The van der Waals surface area contributed by atoms with Gasteiger partial charge in [0, 0.05) is 5.69 Å². The Morgan fingerprint density at radius 2 is 1.87 bits per heavy atom. The molecule has 2 N–H and O–H groups in total. The number of nitrogens with zero attached hydrogens (tertiary/aromatic N) is 2. The van der Waals surface area contributed by atoms with Gasteiger partial charge in [-0.1, -0.05) is 17.2 Å². The minimum Gasteiger partial charge on any atom is -0.444 e. The highest BCUT2D eigenvalue weighted by Gasteiger charge is 2.28. The maximum atomic E-state index is 12.5. The summed E-state index contributed by atoms with van der Waals surface area (Å²) in [6.45, 7) is 10.3. The zero-order valence-corrected chi connectivity index (χ0v) is 18.6. The van der Waals surface area contributed by atoms with E-state index in [0.717, 1.165) is 11.1 Å². The summed E-state index contributed by atoms with van der Waals surface area (Å²) < 4.78 is 35.2. The van der Waals surface area contributed by atoms with Crippen LogP contribution in [0.1, 0.15) is 50.8 Å². The first-order chi connectivity index (χ1) is 13.8. The zero-order chi connectivity index (χ0) is 22.7. The van der Waals surface area contributed by atoms with Crippen LogP contribution < -0.4 is 10.6 Å². The molecule has 0 bridgehead atoms. The molecule has 0 aliphatic carbocycles. The number of hydrogen-bond acceptors (Lipinski definition) is 8. The molecule has 2 rings (SSSR count). The molecule has 1 aromatic heterocycles. The van der Waals surface area contributed by atoms with Gasteiger partial charge in [0.1, 0.15) is 17.4 Å². The lowest BCUT2D eigenvalue weighted by Crippen LogP contribution is -2.34. The van der Waals surface area contributed by atoms with Crippen molar-refractivity contribution in [2.75, 3.05) is 11.1 Å². The van der Waals surface area contributed by atoms with E-state index < -0.39 is 44.5 Å². The van der Waals surface area contributed by atoms with E-state index >= 15 is 0 Å². The number of anilines is 1. The van der Waals surface area contributed by atoms with Crippen molar-refractivity contribution in [1.82, 2.24) is 15.5 Å². The summed E-state index contributed by atoms with van der Waals surface area (Å²) in [5.74, 6) is -1.73. The van der Waals surface area contributed by atoms with Gasteiger partial charge in [-0.25, -0.2) is 13.2 Å². The van der Waals surface area contributed by atoms with Gasteiger partial charge in [-0.15, -0.1) is 5.10 Å². The Labute approximate surface area is 175 Å². The number of alkyl carbamates (subject to hydrolysis) is 1. The Bertz CT molecular complexity index is 1040. The highest BCUT2D eigenvalue weighted by molar-refractivity contribution is 7.91. The third-order valence-corrected chi connectivity index (χ3v) is 5.12. The summed E-state index contributed by atoms with van der Waals surface area (Å²) in [4.78, 5) is 24.1. The molecule has 0 saturated carbocycles. The number of ether oxygens (including phenoxy) is 1. The summed E-state index contributed by atoms with van der Waals surface area (Å²) in [5.41, 5.74) is 1.55. The summed E-state index contributed by atoms with van der Waals surface area (Å²) in [5, 5.41) is 11.5. The molecular weight excluding hydrogens is 412 g/mol. The highest BCUT2D eigenvalue weighted by atomic mass is 32.2. The van der Waals surface area contributed by atoms with Gasteiger partial charge >= 0.3 is 11.3 Å². The quantitative estimate of drug-likeness (QED) is 0.701. The van der Waals surface area contributed by atoms with Crippen LogP contribution in [0, 0.1) is 13.8 Å². The van der Waals surface area contributed by atoms with E-state index in [2.05, 4.69) is 20.8 Å². The van der Waals surface area contributed by atoms with E-state index in [4.69, 9.17) is 9.15 Å². The number of hydrogen-bond donors (Lipinski definition) is 2. The van der Waals surface area contributed by atoms with E-state index in [9.17, 15) is 18.0 Å². The fourth-order valence-electron chi connectivity index (χ4n) is 2.36. The van der Waals surface area contributed by atoms with E-state index in [1.807, 2.05) is 19.1 Å². The molecule has 1 atom stereocenters. The average molecular weight is 439 g/mol. The lowest BCUT2D eigenvalue weighted by atomic mass is 10.1. The van der Waals surface area contributed by atoms with Gasteiger partial charge in [0.05, 0.1) is 0 Å². The van der Waals surface area contributed by atoms with Crippen molar-refractivity contribution in [1.29, 1.82) is 0 Å². The Hall–Kier alpha value is -2.95. The molecule has 1 unspecified atom stereocenters. The first-order valence-corrected chi connectivity index (χ1v) is 10.8. The first-order valence-electron chi connectivity index (χ1n) is 9.19. The van der Waals surface area contributed by atoms with Gasteiger partial charge in [-0.2, -0.15) is 0 Å². The standard InChI is InChI=1S/C19H26N4O6S/c1-11-7-8-12(2)14(9-11)21-15(24)10-30(26,27)18-23-22-16(28-18)13(3)20-17(25)29-19(4,5)6/h7-9,13H,10H2,1-6H3,(H,20,25)(H,21,24). The Kier molecular flexibility index (Phi) is 6.86. The number of nitrogens with one attached hydrogen (secondary N) is 2. The van der Waals surface area contributed by atoms with Crippen LogP contribution in [-0.2, 0) is 19.4 Å². The smallest absolute Gasteiger partial charge is 0.408 e. The summed E-state index contributed by atoms with van der Waals surface area (Å²) >= 11 is 0. The van der Waals surface area contributed by atoms with E-state index in [0.29, 0.717) is 5.69 Å². The minimum atomic E-state index is -4.17. The van der Waals surface area contributed by atoms with Crippen molar-refractivity contribution in [3.63, 3.8) is 0 Å². The second-order valence-electron chi connectivity index (χ2n) is 7.90. The van der Waals surface area contributed by atoms with Crippen LogP contribution >= 0.6 is 0 Å². The van der Waals surface area contributed by atoms with Crippen LogP contribution in [-0.4, -0.2) is 42.0 Å². The van der Waals surface area contributed by atoms with Crippen molar-refractivity contribution in [2.45, 2.75) is 58.4 Å². The molecule has 2 amide bonds. The molecule has 0 saturated heterocycles. The molecule has 11 heteroatoms. The van der Waals surface area contributed by atoms with Crippen LogP contribution in [0.15, 0.2) is 27.8 Å². The van der Waals surface area contributed by atoms with Crippen LogP contribution in [0.4, 0.5) is 10.5 Å². The van der Waals surface area contributed by atoms with E-state index in [1.165, 1.54) is 6.92 Å². The van der Waals surface area contributed by atoms with Crippen LogP contribution in [0.3, 0.4) is 0 Å². The summed E-state index contributed by atoms with van der Waals surface area (Å²) in [6, 6.07) is 4.66. The Morgan fingerprint density at radius 1 is 1.20 bits per heavy atom. The molecule has 0 aliphatic heterocycles. The van der Waals surface area contributed by atoms with Gasteiger partial charge in [0.2, 0.25) is 21.6 Å². The van der Waals surface area contributed by atoms with Crippen LogP contribution in [0.5, 0.6) is 0 Å². The van der Waals surface area contributed by atoms with Crippen molar-refractivity contribution < 1.29 is 27.2 Å². The molecule has 0 aliphatic rings. The molecule has 2 aromatic rings. The fourth-order valence-corrected chi connectivity index (χ4v) is 3.28. The number of aromatic nitrogens is 2. The Balaban J connectivity index is 2.05. The fraction of sp³-hybridized carbons (Fsp3) is 0.474. The number of aryl methyl sites for hydroxylation is 2. The Morgan fingerprint density at radius 3 is 2.50 bits per heavy atom. The molecule has 0 spiro atoms. The molecule has 164 valence electrons. The van der Waals surface area contributed by atoms with Gasteiger partial charge in [-0.3, -0.25) is 4.79 Å². The predicted octanol–water partition coefficient (Wildman–Crippen LogP) is 2.68. The van der Waals surface area contributed by atoms with Gasteiger partial charge in [0.25, 0.3) is 0 Å². The molecule has 1 aromatic carbocycles. The number of carbonyl (C=O) groups excluding carboxylic acids is 2. The highest BCUT2D eigenvalue weighted by Crippen LogP contribution is 2.19. The molecule has 0 fully saturated rings. The predicted molar refractivity (Wildman–Crippen MR) is 109 cm³/mol. The third-order valence-electron chi connectivity index (χ3n) is 3.78. The average Bonchev–Trinajstić information content (AvgIpc) is 3.07. The second kappa shape index (κ2) is 8.82. The third kappa shape index (κ3) is 6.55. The molecule has 0 radical (unpaired) electrons. The largest absolute Gasteiger partial charge is 0.444 e. The number of amides is 2. The van der Waals surface area contributed by atoms with Crippen molar-refractivity contribution in [2.24, 2.45) is 0 Å².